The number of nitrogen functional groups attached to an aromatic ring is 1. The molecule has 8 nitrogen and oxygen atoms in total. The van der Waals surface area contributed by atoms with Crippen molar-refractivity contribution in [1.82, 2.24) is 9.71 Å². The van der Waals surface area contributed by atoms with Crippen molar-refractivity contribution in [3.05, 3.63) is 70.3 Å². The number of hydrogen-bond acceptors (Lipinski definition) is 6. The summed E-state index contributed by atoms with van der Waals surface area (Å²) in [6.07, 6.45) is 0. The number of anilines is 1. The van der Waals surface area contributed by atoms with Crippen molar-refractivity contribution in [2.24, 2.45) is 0 Å². The van der Waals surface area contributed by atoms with Crippen LogP contribution in [0.25, 0.3) is 10.9 Å². The maximum absolute atomic E-state index is 12.8. The van der Waals surface area contributed by atoms with Crippen LogP contribution >= 0.6 is 0 Å². The van der Waals surface area contributed by atoms with Crippen LogP contribution in [0.4, 0.5) is 11.5 Å². The van der Waals surface area contributed by atoms with Crippen LogP contribution in [0.3, 0.4) is 0 Å². The molecule has 3 N–H and O–H groups in total. The van der Waals surface area contributed by atoms with E-state index in [1.165, 1.54) is 6.07 Å². The molecule has 0 unspecified atom stereocenters. The topological polar surface area (TPSA) is 128 Å². The molecule has 0 fully saturated rings. The van der Waals surface area contributed by atoms with Crippen LogP contribution in [0.5, 0.6) is 0 Å². The zero-order valence-electron chi connectivity index (χ0n) is 12.9. The number of sulfonamides is 1. The summed E-state index contributed by atoms with van der Waals surface area (Å²) >= 11 is 0. The minimum atomic E-state index is -4.19. The van der Waals surface area contributed by atoms with E-state index in [0.29, 0.717) is 0 Å². The first kappa shape index (κ1) is 16.8. The summed E-state index contributed by atoms with van der Waals surface area (Å²) in [5.41, 5.74) is 5.92. The molecule has 0 aliphatic heterocycles. The van der Waals surface area contributed by atoms with Crippen molar-refractivity contribution in [3.8, 4) is 0 Å². The highest BCUT2D eigenvalue weighted by Crippen LogP contribution is 2.34. The monoisotopic (exact) mass is 358 g/mol. The van der Waals surface area contributed by atoms with E-state index in [9.17, 15) is 18.5 Å². The Kier molecular flexibility index (Phi) is 4.34. The fourth-order valence-corrected chi connectivity index (χ4v) is 3.88. The molecule has 0 radical (unpaired) electrons. The zero-order chi connectivity index (χ0) is 18.0. The lowest BCUT2D eigenvalue weighted by molar-refractivity contribution is -0.386. The fraction of sp³-hybridized carbons (Fsp3) is 0.0625. The minimum absolute atomic E-state index is 0.00309. The number of aromatic nitrogens is 1. The average Bonchev–Trinajstić information content (AvgIpc) is 2.59. The minimum Gasteiger partial charge on any atom is -0.378 e. The van der Waals surface area contributed by atoms with Crippen molar-refractivity contribution < 1.29 is 13.3 Å². The molecule has 0 aliphatic rings. The van der Waals surface area contributed by atoms with E-state index in [1.54, 1.807) is 48.5 Å². The second-order valence-electron chi connectivity index (χ2n) is 5.26. The quantitative estimate of drug-likeness (QED) is 0.531. The Bertz CT molecular complexity index is 1050. The van der Waals surface area contributed by atoms with E-state index in [0.717, 1.165) is 5.56 Å². The van der Waals surface area contributed by atoms with Crippen molar-refractivity contribution in [2.75, 3.05) is 5.73 Å². The Balaban J connectivity index is 2.15. The van der Waals surface area contributed by atoms with Gasteiger partial charge in [-0.25, -0.2) is 18.1 Å². The summed E-state index contributed by atoms with van der Waals surface area (Å²) in [6.45, 7) is -0.00309. The summed E-state index contributed by atoms with van der Waals surface area (Å²) in [7, 11) is -4.19. The molecule has 128 valence electrons. The molecule has 0 amide bonds. The van der Waals surface area contributed by atoms with Crippen molar-refractivity contribution in [3.63, 3.8) is 0 Å². The lowest BCUT2D eigenvalue weighted by Gasteiger charge is -2.11. The van der Waals surface area contributed by atoms with Gasteiger partial charge < -0.3 is 5.73 Å². The van der Waals surface area contributed by atoms with E-state index >= 15 is 0 Å². The lowest BCUT2D eigenvalue weighted by Crippen LogP contribution is -2.25. The summed E-state index contributed by atoms with van der Waals surface area (Å²) < 4.78 is 28.0. The standard InChI is InChI=1S/C16H14N4O4S/c17-16-14(20(21)22)15(12-8-4-5-9-13(12)19-16)25(23,24)18-10-11-6-2-1-3-7-11/h1-9,18H,10H2,(H2,17,19). The molecule has 0 aliphatic carbocycles. The molecule has 3 aromatic rings. The van der Waals surface area contributed by atoms with Gasteiger partial charge in [-0.2, -0.15) is 0 Å². The maximum atomic E-state index is 12.8. The molecular formula is C16H14N4O4S. The molecule has 3 rings (SSSR count). The fourth-order valence-electron chi connectivity index (χ4n) is 2.48. The molecule has 0 saturated heterocycles. The van der Waals surface area contributed by atoms with Gasteiger partial charge in [0, 0.05) is 11.9 Å². The number of nitrogens with two attached hydrogens (primary N) is 1. The van der Waals surface area contributed by atoms with Gasteiger partial charge in [-0.05, 0) is 11.6 Å². The number of rotatable bonds is 5. The number of benzene rings is 2. The highest BCUT2D eigenvalue weighted by molar-refractivity contribution is 7.89. The molecule has 1 heterocycles. The largest absolute Gasteiger partial charge is 0.378 e. The van der Waals surface area contributed by atoms with Gasteiger partial charge in [-0.1, -0.05) is 48.5 Å². The lowest BCUT2D eigenvalue weighted by atomic mass is 10.2. The Morgan fingerprint density at radius 2 is 1.72 bits per heavy atom. The van der Waals surface area contributed by atoms with Gasteiger partial charge in [0.2, 0.25) is 15.8 Å². The molecule has 0 bridgehead atoms. The van der Waals surface area contributed by atoms with Gasteiger partial charge in [-0.15, -0.1) is 0 Å². The highest BCUT2D eigenvalue weighted by Gasteiger charge is 2.32. The third-order valence-corrected chi connectivity index (χ3v) is 5.08. The molecule has 0 spiro atoms. The van der Waals surface area contributed by atoms with E-state index in [-0.39, 0.29) is 17.4 Å². The number of nitro groups is 1. The smallest absolute Gasteiger partial charge is 0.331 e. The van der Waals surface area contributed by atoms with Crippen LogP contribution in [0.1, 0.15) is 5.56 Å². The molecule has 9 heteroatoms. The summed E-state index contributed by atoms with van der Waals surface area (Å²) in [6, 6.07) is 15.1. The van der Waals surface area contributed by atoms with Crippen molar-refractivity contribution >= 4 is 32.4 Å². The number of pyridine rings is 1. The van der Waals surface area contributed by atoms with E-state index in [1.807, 2.05) is 0 Å². The number of hydrogen-bond donors (Lipinski definition) is 2. The summed E-state index contributed by atoms with van der Waals surface area (Å²) in [5.74, 6) is -0.441. The maximum Gasteiger partial charge on any atom is 0.331 e. The first-order valence-corrected chi connectivity index (χ1v) is 8.74. The van der Waals surface area contributed by atoms with Crippen LogP contribution in [0.2, 0.25) is 0 Å². The van der Waals surface area contributed by atoms with Gasteiger partial charge in [0.25, 0.3) is 0 Å². The second kappa shape index (κ2) is 6.46. The predicted octanol–water partition coefficient (Wildman–Crippen LogP) is 2.20. The third kappa shape index (κ3) is 3.28. The number of fused-ring (bicyclic) bond motifs is 1. The Labute approximate surface area is 143 Å². The summed E-state index contributed by atoms with van der Waals surface area (Å²) in [5, 5.41) is 11.5. The van der Waals surface area contributed by atoms with E-state index in [4.69, 9.17) is 5.73 Å². The van der Waals surface area contributed by atoms with Crippen molar-refractivity contribution in [1.29, 1.82) is 0 Å². The number of para-hydroxylation sites is 1. The molecule has 25 heavy (non-hydrogen) atoms. The molecule has 0 saturated carbocycles. The Morgan fingerprint density at radius 1 is 1.08 bits per heavy atom. The van der Waals surface area contributed by atoms with E-state index < -0.39 is 31.3 Å². The number of nitrogens with zero attached hydrogens (tertiary/aromatic N) is 2. The average molecular weight is 358 g/mol. The second-order valence-corrected chi connectivity index (χ2v) is 6.96. The Morgan fingerprint density at radius 3 is 2.40 bits per heavy atom. The third-order valence-electron chi connectivity index (χ3n) is 3.61. The van der Waals surface area contributed by atoms with Gasteiger partial charge in [0.05, 0.1) is 10.4 Å². The van der Waals surface area contributed by atoms with E-state index in [2.05, 4.69) is 9.71 Å². The van der Waals surface area contributed by atoms with Gasteiger partial charge in [-0.3, -0.25) is 10.1 Å². The highest BCUT2D eigenvalue weighted by atomic mass is 32.2. The van der Waals surface area contributed by atoms with Gasteiger partial charge >= 0.3 is 5.69 Å². The van der Waals surface area contributed by atoms with Crippen LogP contribution in [0.15, 0.2) is 59.5 Å². The first-order chi connectivity index (χ1) is 11.9. The van der Waals surface area contributed by atoms with Crippen molar-refractivity contribution in [2.45, 2.75) is 11.4 Å². The zero-order valence-corrected chi connectivity index (χ0v) is 13.7. The molecular weight excluding hydrogens is 344 g/mol. The van der Waals surface area contributed by atoms with Crippen LogP contribution in [-0.4, -0.2) is 18.3 Å². The Hall–Kier alpha value is -3.04. The molecule has 1 aromatic heterocycles. The van der Waals surface area contributed by atoms with Crippen LogP contribution in [0, 0.1) is 10.1 Å². The first-order valence-electron chi connectivity index (χ1n) is 7.26. The predicted molar refractivity (Wildman–Crippen MR) is 93.3 cm³/mol. The van der Waals surface area contributed by atoms with Crippen LogP contribution < -0.4 is 10.5 Å². The van der Waals surface area contributed by atoms with Gasteiger partial charge in [0.1, 0.15) is 0 Å². The summed E-state index contributed by atoms with van der Waals surface area (Å²) in [4.78, 5) is 14.0. The molecule has 2 aromatic carbocycles. The normalized spacial score (nSPS) is 11.5. The van der Waals surface area contributed by atoms with Gasteiger partial charge in [0.15, 0.2) is 4.90 Å². The van der Waals surface area contributed by atoms with Crippen LogP contribution in [-0.2, 0) is 16.6 Å². The SMILES string of the molecule is Nc1nc2ccccc2c(S(=O)(=O)NCc2ccccc2)c1[N+](=O)[O-]. The molecule has 0 atom stereocenters. The number of nitrogens with one attached hydrogen (secondary N) is 1.